The van der Waals surface area contributed by atoms with Crippen molar-refractivity contribution in [2.45, 2.75) is 20.3 Å². The minimum atomic E-state index is -1.09. The Balaban J connectivity index is 2.69. The van der Waals surface area contributed by atoms with Gasteiger partial charge in [0.05, 0.1) is 5.97 Å². The number of likely N-dealkylation sites (N-methyl/N-ethyl adjacent to an activating group) is 1. The summed E-state index contributed by atoms with van der Waals surface area (Å²) in [5.41, 5.74) is 1.17. The fraction of sp³-hybridized carbons (Fsp3) is 0.462. The molecule has 88 valence electrons. The van der Waals surface area contributed by atoms with E-state index in [-0.39, 0.29) is 0 Å². The van der Waals surface area contributed by atoms with E-state index in [9.17, 15) is 9.90 Å². The molecule has 1 aromatic carbocycles. The molecule has 0 amide bonds. The predicted molar refractivity (Wildman–Crippen MR) is 62.3 cm³/mol. The van der Waals surface area contributed by atoms with E-state index in [0.29, 0.717) is 5.56 Å². The number of carbonyl (C=O) groups is 1. The maximum atomic E-state index is 10.9. The van der Waals surface area contributed by atoms with Gasteiger partial charge < -0.3 is 14.8 Å². The molecule has 0 atom stereocenters. The third-order valence-electron chi connectivity index (χ3n) is 2.83. The first-order valence-electron chi connectivity index (χ1n) is 5.70. The maximum absolute atomic E-state index is 10.9. The summed E-state index contributed by atoms with van der Waals surface area (Å²) in [6.07, 6.45) is 0.756. The molecular weight excluding hydrogens is 202 g/mol. The Morgan fingerprint density at radius 3 is 2.44 bits per heavy atom. The zero-order chi connectivity index (χ0) is 12.0. The van der Waals surface area contributed by atoms with E-state index >= 15 is 0 Å². The molecule has 0 heterocycles. The number of carbonyl (C=O) groups excluding carboxylic acids is 1. The summed E-state index contributed by atoms with van der Waals surface area (Å²) in [5, 5.41) is 10.9. The zero-order valence-corrected chi connectivity index (χ0v) is 9.90. The molecule has 0 aliphatic carbocycles. The SMILES string of the molecule is CCN(CC)CCc1ccccc1C(=O)[O-]. The van der Waals surface area contributed by atoms with Crippen molar-refractivity contribution in [2.24, 2.45) is 0 Å². The Hall–Kier alpha value is -1.35. The monoisotopic (exact) mass is 220 g/mol. The summed E-state index contributed by atoms with van der Waals surface area (Å²) in [7, 11) is 0. The van der Waals surface area contributed by atoms with Gasteiger partial charge in [-0.25, -0.2) is 0 Å². The fourth-order valence-corrected chi connectivity index (χ4v) is 1.76. The van der Waals surface area contributed by atoms with Crippen LogP contribution in [0.3, 0.4) is 0 Å². The van der Waals surface area contributed by atoms with Crippen LogP contribution in [0.15, 0.2) is 24.3 Å². The third kappa shape index (κ3) is 3.35. The van der Waals surface area contributed by atoms with Crippen LogP contribution < -0.4 is 5.11 Å². The predicted octanol–water partition coefficient (Wildman–Crippen LogP) is 0.934. The van der Waals surface area contributed by atoms with Gasteiger partial charge in [0.15, 0.2) is 0 Å². The van der Waals surface area contributed by atoms with Crippen molar-refractivity contribution < 1.29 is 9.90 Å². The van der Waals surface area contributed by atoms with Crippen molar-refractivity contribution in [2.75, 3.05) is 19.6 Å². The van der Waals surface area contributed by atoms with Crippen molar-refractivity contribution in [1.82, 2.24) is 4.90 Å². The van der Waals surface area contributed by atoms with Crippen molar-refractivity contribution in [3.05, 3.63) is 35.4 Å². The minimum absolute atomic E-state index is 0.314. The van der Waals surface area contributed by atoms with Crippen LogP contribution in [0.25, 0.3) is 0 Å². The van der Waals surface area contributed by atoms with Gasteiger partial charge in [0.25, 0.3) is 0 Å². The first kappa shape index (κ1) is 12.7. The van der Waals surface area contributed by atoms with Crippen LogP contribution in [-0.4, -0.2) is 30.5 Å². The topological polar surface area (TPSA) is 43.4 Å². The van der Waals surface area contributed by atoms with Gasteiger partial charge in [-0.1, -0.05) is 38.1 Å². The number of hydrogen-bond acceptors (Lipinski definition) is 3. The minimum Gasteiger partial charge on any atom is -0.545 e. The molecule has 0 aromatic heterocycles. The molecule has 0 saturated carbocycles. The summed E-state index contributed by atoms with van der Waals surface area (Å²) >= 11 is 0. The largest absolute Gasteiger partial charge is 0.545 e. The average molecular weight is 220 g/mol. The zero-order valence-electron chi connectivity index (χ0n) is 9.90. The van der Waals surface area contributed by atoms with Crippen molar-refractivity contribution in [3.8, 4) is 0 Å². The van der Waals surface area contributed by atoms with Gasteiger partial charge in [-0.3, -0.25) is 0 Å². The molecule has 3 nitrogen and oxygen atoms in total. The number of carboxylic acids is 1. The summed E-state index contributed by atoms with van der Waals surface area (Å²) in [4.78, 5) is 13.2. The molecule has 3 heteroatoms. The first-order chi connectivity index (χ1) is 7.69. The number of nitrogens with zero attached hydrogens (tertiary/aromatic N) is 1. The standard InChI is InChI=1S/C13H19NO2/c1-3-14(4-2)10-9-11-7-5-6-8-12(11)13(15)16/h5-8H,3-4,9-10H2,1-2H3,(H,15,16)/p-1. The van der Waals surface area contributed by atoms with Gasteiger partial charge in [0.1, 0.15) is 0 Å². The Morgan fingerprint density at radius 2 is 1.88 bits per heavy atom. The Kier molecular flexibility index (Phi) is 4.99. The molecule has 0 radical (unpaired) electrons. The van der Waals surface area contributed by atoms with E-state index in [1.807, 2.05) is 12.1 Å². The van der Waals surface area contributed by atoms with Crippen LogP contribution in [0.5, 0.6) is 0 Å². The number of benzene rings is 1. The average Bonchev–Trinajstić information content (AvgIpc) is 2.30. The highest BCUT2D eigenvalue weighted by Crippen LogP contribution is 2.09. The fourth-order valence-electron chi connectivity index (χ4n) is 1.76. The normalized spacial score (nSPS) is 10.7. The highest BCUT2D eigenvalue weighted by atomic mass is 16.4. The first-order valence-corrected chi connectivity index (χ1v) is 5.70. The van der Waals surface area contributed by atoms with Crippen LogP contribution in [-0.2, 0) is 6.42 Å². The van der Waals surface area contributed by atoms with Crippen LogP contribution >= 0.6 is 0 Å². The van der Waals surface area contributed by atoms with Crippen LogP contribution in [0.2, 0.25) is 0 Å². The lowest BCUT2D eigenvalue weighted by Crippen LogP contribution is -2.27. The molecule has 0 bridgehead atoms. The van der Waals surface area contributed by atoms with E-state index < -0.39 is 5.97 Å². The van der Waals surface area contributed by atoms with Gasteiger partial charge in [0, 0.05) is 12.1 Å². The molecule has 1 rings (SSSR count). The van der Waals surface area contributed by atoms with E-state index in [2.05, 4.69) is 18.7 Å². The number of rotatable bonds is 6. The Morgan fingerprint density at radius 1 is 1.25 bits per heavy atom. The van der Waals surface area contributed by atoms with Gasteiger partial charge in [-0.15, -0.1) is 0 Å². The molecule has 0 saturated heterocycles. The van der Waals surface area contributed by atoms with Gasteiger partial charge in [-0.2, -0.15) is 0 Å². The molecule has 16 heavy (non-hydrogen) atoms. The highest BCUT2D eigenvalue weighted by molar-refractivity contribution is 5.87. The molecule has 1 aromatic rings. The van der Waals surface area contributed by atoms with E-state index in [1.54, 1.807) is 12.1 Å². The lowest BCUT2D eigenvalue weighted by Gasteiger charge is -2.19. The second-order valence-electron chi connectivity index (χ2n) is 3.72. The van der Waals surface area contributed by atoms with Crippen LogP contribution in [0.1, 0.15) is 29.8 Å². The quantitative estimate of drug-likeness (QED) is 0.716. The lowest BCUT2D eigenvalue weighted by atomic mass is 10.0. The van der Waals surface area contributed by atoms with Gasteiger partial charge in [0.2, 0.25) is 0 Å². The molecule has 0 unspecified atom stereocenters. The van der Waals surface area contributed by atoms with Crippen LogP contribution in [0.4, 0.5) is 0 Å². The smallest absolute Gasteiger partial charge is 0.0718 e. The van der Waals surface area contributed by atoms with E-state index in [0.717, 1.165) is 31.6 Å². The maximum Gasteiger partial charge on any atom is 0.0718 e. The van der Waals surface area contributed by atoms with Crippen molar-refractivity contribution >= 4 is 5.97 Å². The van der Waals surface area contributed by atoms with Crippen LogP contribution in [0, 0.1) is 0 Å². The summed E-state index contributed by atoms with van der Waals surface area (Å²) < 4.78 is 0. The molecule has 0 aliphatic rings. The van der Waals surface area contributed by atoms with Crippen molar-refractivity contribution in [1.29, 1.82) is 0 Å². The molecule has 0 fully saturated rings. The number of hydrogen-bond donors (Lipinski definition) is 0. The molecular formula is C13H18NO2-. The lowest BCUT2D eigenvalue weighted by molar-refractivity contribution is -0.255. The number of aromatic carboxylic acids is 1. The molecule has 0 aliphatic heterocycles. The van der Waals surface area contributed by atoms with Crippen molar-refractivity contribution in [3.63, 3.8) is 0 Å². The molecule has 0 N–H and O–H groups in total. The second kappa shape index (κ2) is 6.28. The third-order valence-corrected chi connectivity index (χ3v) is 2.83. The van der Waals surface area contributed by atoms with E-state index in [1.165, 1.54) is 0 Å². The Bertz CT molecular complexity index is 346. The summed E-state index contributed by atoms with van der Waals surface area (Å²) in [5.74, 6) is -1.09. The molecule has 0 spiro atoms. The van der Waals surface area contributed by atoms with Gasteiger partial charge in [-0.05, 0) is 25.1 Å². The van der Waals surface area contributed by atoms with Gasteiger partial charge >= 0.3 is 0 Å². The summed E-state index contributed by atoms with van der Waals surface area (Å²) in [6.45, 7) is 7.08. The summed E-state index contributed by atoms with van der Waals surface area (Å²) in [6, 6.07) is 7.05. The van der Waals surface area contributed by atoms with E-state index in [4.69, 9.17) is 0 Å². The Labute approximate surface area is 96.7 Å². The number of carboxylic acid groups (broad SMARTS) is 1. The second-order valence-corrected chi connectivity index (χ2v) is 3.72. The highest BCUT2D eigenvalue weighted by Gasteiger charge is 2.04.